The summed E-state index contributed by atoms with van der Waals surface area (Å²) in [5.74, 6) is -0.334. The predicted octanol–water partition coefficient (Wildman–Crippen LogP) is 2.27. The molecule has 5 heteroatoms. The highest BCUT2D eigenvalue weighted by Crippen LogP contribution is 2.06. The molecule has 0 aliphatic rings. The molecule has 0 aliphatic heterocycles. The molecule has 0 aromatic heterocycles. The third kappa shape index (κ3) is 5.21. The first-order valence-electron chi connectivity index (χ1n) is 7.84. The molecule has 0 radical (unpaired) electrons. The van der Waals surface area contributed by atoms with Gasteiger partial charge in [-0.2, -0.15) is 0 Å². The highest BCUT2D eigenvalue weighted by Gasteiger charge is 2.13. The Balaban J connectivity index is 1.83. The van der Waals surface area contributed by atoms with Crippen molar-refractivity contribution in [2.45, 2.75) is 26.2 Å². The van der Waals surface area contributed by atoms with Gasteiger partial charge in [-0.05, 0) is 30.2 Å². The fourth-order valence-corrected chi connectivity index (χ4v) is 2.17. The molecule has 2 amide bonds. The molecule has 2 N–H and O–H groups in total. The second kappa shape index (κ2) is 8.84. The van der Waals surface area contributed by atoms with Gasteiger partial charge in [0.2, 0.25) is 5.91 Å². The van der Waals surface area contributed by atoms with E-state index in [1.807, 2.05) is 36.4 Å². The van der Waals surface area contributed by atoms with Crippen molar-refractivity contribution in [2.24, 2.45) is 0 Å². The lowest BCUT2D eigenvalue weighted by Gasteiger charge is -2.14. The van der Waals surface area contributed by atoms with Crippen LogP contribution in [-0.2, 0) is 22.7 Å². The van der Waals surface area contributed by atoms with E-state index in [1.165, 1.54) is 0 Å². The van der Waals surface area contributed by atoms with Crippen molar-refractivity contribution in [3.05, 3.63) is 71.3 Å². The Hall–Kier alpha value is -2.66. The Morgan fingerprint density at radius 1 is 1.04 bits per heavy atom. The normalized spacial score (nSPS) is 11.6. The van der Waals surface area contributed by atoms with E-state index in [4.69, 9.17) is 4.74 Å². The number of rotatable bonds is 7. The Bertz CT molecular complexity index is 686. The van der Waals surface area contributed by atoms with Crippen LogP contribution in [0.1, 0.15) is 28.4 Å². The van der Waals surface area contributed by atoms with E-state index in [0.717, 1.165) is 11.1 Å². The van der Waals surface area contributed by atoms with Crippen LogP contribution in [0.25, 0.3) is 0 Å². The van der Waals surface area contributed by atoms with Crippen molar-refractivity contribution >= 4 is 11.8 Å². The fourth-order valence-electron chi connectivity index (χ4n) is 2.17. The van der Waals surface area contributed by atoms with Crippen LogP contribution in [0.3, 0.4) is 0 Å². The minimum atomic E-state index is -0.549. The number of carbonyl (C=O) groups excluding carboxylic acids is 2. The number of ether oxygens (including phenoxy) is 1. The van der Waals surface area contributed by atoms with Crippen molar-refractivity contribution in [1.29, 1.82) is 0 Å². The lowest BCUT2D eigenvalue weighted by atomic mass is 10.1. The highest BCUT2D eigenvalue weighted by atomic mass is 16.5. The van der Waals surface area contributed by atoms with Gasteiger partial charge >= 0.3 is 0 Å². The standard InChI is InChI=1S/C19H22N2O3/c1-14(24-13-15-7-4-3-5-8-15)18(22)21-12-16-9-6-10-17(11-16)19(23)20-2/h3-11,14H,12-13H2,1-2H3,(H,20,23)(H,21,22)/t14-/m1/s1. The molecule has 0 unspecified atom stereocenters. The van der Waals surface area contributed by atoms with E-state index in [-0.39, 0.29) is 11.8 Å². The lowest BCUT2D eigenvalue weighted by Crippen LogP contribution is -2.34. The number of nitrogens with one attached hydrogen (secondary N) is 2. The number of hydrogen-bond acceptors (Lipinski definition) is 3. The molecule has 0 fully saturated rings. The maximum absolute atomic E-state index is 12.1. The molecule has 0 heterocycles. The smallest absolute Gasteiger partial charge is 0.251 e. The summed E-state index contributed by atoms with van der Waals surface area (Å²) in [6, 6.07) is 16.9. The zero-order valence-corrected chi connectivity index (χ0v) is 13.9. The van der Waals surface area contributed by atoms with Crippen LogP contribution in [0, 0.1) is 0 Å². The molecule has 5 nitrogen and oxygen atoms in total. The maximum Gasteiger partial charge on any atom is 0.251 e. The zero-order valence-electron chi connectivity index (χ0n) is 13.9. The van der Waals surface area contributed by atoms with E-state index >= 15 is 0 Å². The lowest BCUT2D eigenvalue weighted by molar-refractivity contribution is -0.132. The first-order chi connectivity index (χ1) is 11.6. The second-order valence-corrected chi connectivity index (χ2v) is 5.44. The van der Waals surface area contributed by atoms with E-state index in [2.05, 4.69) is 10.6 Å². The summed E-state index contributed by atoms with van der Waals surface area (Å²) < 4.78 is 5.58. The van der Waals surface area contributed by atoms with Crippen LogP contribution in [0.5, 0.6) is 0 Å². The van der Waals surface area contributed by atoms with Gasteiger partial charge in [-0.3, -0.25) is 9.59 Å². The SMILES string of the molecule is CNC(=O)c1cccc(CNC(=O)[C@@H](C)OCc2ccccc2)c1. The summed E-state index contributed by atoms with van der Waals surface area (Å²) in [4.78, 5) is 23.7. The van der Waals surface area contributed by atoms with Gasteiger partial charge in [0.15, 0.2) is 0 Å². The Morgan fingerprint density at radius 3 is 2.46 bits per heavy atom. The quantitative estimate of drug-likeness (QED) is 0.820. The summed E-state index contributed by atoms with van der Waals surface area (Å²) in [6.07, 6.45) is -0.549. The first kappa shape index (κ1) is 17.7. The summed E-state index contributed by atoms with van der Waals surface area (Å²) in [6.45, 7) is 2.46. The monoisotopic (exact) mass is 326 g/mol. The molecule has 0 saturated carbocycles. The molecule has 0 bridgehead atoms. The molecule has 2 aromatic carbocycles. The number of hydrogen-bond donors (Lipinski definition) is 2. The van der Waals surface area contributed by atoms with Crippen molar-refractivity contribution in [3.63, 3.8) is 0 Å². The van der Waals surface area contributed by atoms with Gasteiger partial charge in [0.25, 0.3) is 5.91 Å². The first-order valence-corrected chi connectivity index (χ1v) is 7.84. The van der Waals surface area contributed by atoms with Crippen molar-refractivity contribution in [3.8, 4) is 0 Å². The number of carbonyl (C=O) groups is 2. The van der Waals surface area contributed by atoms with Crippen LogP contribution in [0.15, 0.2) is 54.6 Å². The molecule has 2 rings (SSSR count). The largest absolute Gasteiger partial charge is 0.364 e. The maximum atomic E-state index is 12.1. The summed E-state index contributed by atoms with van der Waals surface area (Å²) in [7, 11) is 1.59. The van der Waals surface area contributed by atoms with Gasteiger partial charge in [-0.1, -0.05) is 42.5 Å². The van der Waals surface area contributed by atoms with E-state index in [1.54, 1.807) is 32.2 Å². The van der Waals surface area contributed by atoms with Gasteiger partial charge in [0.05, 0.1) is 6.61 Å². The van der Waals surface area contributed by atoms with Crippen LogP contribution >= 0.6 is 0 Å². The minimum absolute atomic E-state index is 0.150. The van der Waals surface area contributed by atoms with Crippen molar-refractivity contribution in [2.75, 3.05) is 7.05 Å². The molecule has 0 aliphatic carbocycles. The molecular weight excluding hydrogens is 304 g/mol. The average molecular weight is 326 g/mol. The summed E-state index contributed by atoms with van der Waals surface area (Å²) >= 11 is 0. The van der Waals surface area contributed by atoms with Gasteiger partial charge in [-0.25, -0.2) is 0 Å². The highest BCUT2D eigenvalue weighted by molar-refractivity contribution is 5.94. The van der Waals surface area contributed by atoms with Crippen molar-refractivity contribution in [1.82, 2.24) is 10.6 Å². The van der Waals surface area contributed by atoms with E-state index < -0.39 is 6.10 Å². The summed E-state index contributed by atoms with van der Waals surface area (Å²) in [5.41, 5.74) is 2.45. The third-order valence-electron chi connectivity index (χ3n) is 3.60. The topological polar surface area (TPSA) is 67.4 Å². The van der Waals surface area contributed by atoms with Gasteiger partial charge in [0.1, 0.15) is 6.10 Å². The number of amides is 2. The molecule has 2 aromatic rings. The van der Waals surface area contributed by atoms with Crippen LogP contribution < -0.4 is 10.6 Å². The third-order valence-corrected chi connectivity index (χ3v) is 3.60. The van der Waals surface area contributed by atoms with Crippen LogP contribution in [-0.4, -0.2) is 25.0 Å². The average Bonchev–Trinajstić information content (AvgIpc) is 2.64. The molecular formula is C19H22N2O3. The van der Waals surface area contributed by atoms with Crippen molar-refractivity contribution < 1.29 is 14.3 Å². The molecule has 0 saturated heterocycles. The molecule has 1 atom stereocenters. The van der Waals surface area contributed by atoms with E-state index in [0.29, 0.717) is 18.7 Å². The van der Waals surface area contributed by atoms with Crippen LogP contribution in [0.2, 0.25) is 0 Å². The summed E-state index contributed by atoms with van der Waals surface area (Å²) in [5, 5.41) is 5.40. The molecule has 24 heavy (non-hydrogen) atoms. The predicted molar refractivity (Wildman–Crippen MR) is 92.4 cm³/mol. The Morgan fingerprint density at radius 2 is 1.75 bits per heavy atom. The van der Waals surface area contributed by atoms with Gasteiger partial charge in [-0.15, -0.1) is 0 Å². The van der Waals surface area contributed by atoms with Gasteiger partial charge < -0.3 is 15.4 Å². The zero-order chi connectivity index (χ0) is 17.4. The fraction of sp³-hybridized carbons (Fsp3) is 0.263. The van der Waals surface area contributed by atoms with Crippen LogP contribution in [0.4, 0.5) is 0 Å². The number of benzene rings is 2. The van der Waals surface area contributed by atoms with E-state index in [9.17, 15) is 9.59 Å². The Kier molecular flexibility index (Phi) is 6.51. The second-order valence-electron chi connectivity index (χ2n) is 5.44. The molecule has 0 spiro atoms. The molecule has 126 valence electrons. The van der Waals surface area contributed by atoms with Gasteiger partial charge in [0, 0.05) is 19.2 Å². The Labute approximate surface area is 142 Å². The minimum Gasteiger partial charge on any atom is -0.364 e.